The molecule has 0 fully saturated rings. The Balaban J connectivity index is 2.75. The normalized spacial score (nSPS) is 13.2. The number of carboxylic acid groups (broad SMARTS) is 1. The first-order valence-corrected chi connectivity index (χ1v) is 7.46. The monoisotopic (exact) mass is 289 g/mol. The Morgan fingerprint density at radius 2 is 1.95 bits per heavy atom. The van der Waals surface area contributed by atoms with Gasteiger partial charge in [-0.1, -0.05) is 25.5 Å². The highest BCUT2D eigenvalue weighted by atomic mass is 32.2. The van der Waals surface area contributed by atoms with Gasteiger partial charge in [-0.05, 0) is 24.1 Å². The van der Waals surface area contributed by atoms with Gasteiger partial charge in [0.05, 0.1) is 5.75 Å². The predicted octanol–water partition coefficient (Wildman–Crippen LogP) is 1.50. The molecular weight excluding hydrogens is 273 g/mol. The quantitative estimate of drug-likeness (QED) is 0.796. The summed E-state index contributed by atoms with van der Waals surface area (Å²) in [4.78, 5) is 10.9. The lowest BCUT2D eigenvalue weighted by atomic mass is 10.2. The number of aliphatic carboxylic acids is 1. The van der Waals surface area contributed by atoms with Crippen molar-refractivity contribution in [2.75, 3.05) is 0 Å². The highest BCUT2D eigenvalue weighted by Crippen LogP contribution is 2.08. The number of nitrogens with one attached hydrogen (secondary N) is 1. The average Bonchev–Trinajstić information content (AvgIpc) is 2.31. The molecule has 0 heterocycles. The van der Waals surface area contributed by atoms with E-state index in [2.05, 4.69) is 4.72 Å². The van der Waals surface area contributed by atoms with Crippen molar-refractivity contribution >= 4 is 16.0 Å². The summed E-state index contributed by atoms with van der Waals surface area (Å²) in [5.74, 6) is -2.03. The van der Waals surface area contributed by atoms with Crippen LogP contribution in [0, 0.1) is 5.82 Å². The van der Waals surface area contributed by atoms with Crippen molar-refractivity contribution < 1.29 is 22.7 Å². The first-order valence-electron chi connectivity index (χ1n) is 5.81. The molecule has 1 rings (SSSR count). The van der Waals surface area contributed by atoms with E-state index in [-0.39, 0.29) is 12.2 Å². The lowest BCUT2D eigenvalue weighted by molar-refractivity contribution is -0.139. The molecule has 0 spiro atoms. The summed E-state index contributed by atoms with van der Waals surface area (Å²) < 4.78 is 38.4. The second kappa shape index (κ2) is 6.63. The minimum Gasteiger partial charge on any atom is -0.480 e. The van der Waals surface area contributed by atoms with Gasteiger partial charge in [-0.15, -0.1) is 0 Å². The van der Waals surface area contributed by atoms with E-state index in [0.717, 1.165) is 12.1 Å². The summed E-state index contributed by atoms with van der Waals surface area (Å²) in [5, 5.41) is 8.89. The van der Waals surface area contributed by atoms with Gasteiger partial charge < -0.3 is 5.11 Å². The largest absolute Gasteiger partial charge is 0.480 e. The van der Waals surface area contributed by atoms with E-state index in [9.17, 15) is 17.6 Å². The van der Waals surface area contributed by atoms with Crippen LogP contribution in [0.3, 0.4) is 0 Å². The Morgan fingerprint density at radius 1 is 1.37 bits per heavy atom. The second-order valence-corrected chi connectivity index (χ2v) is 5.94. The molecule has 7 heteroatoms. The smallest absolute Gasteiger partial charge is 0.321 e. The van der Waals surface area contributed by atoms with E-state index in [1.54, 1.807) is 6.92 Å². The van der Waals surface area contributed by atoms with Gasteiger partial charge in [0.2, 0.25) is 10.0 Å². The van der Waals surface area contributed by atoms with Crippen LogP contribution in [0.15, 0.2) is 24.3 Å². The molecule has 1 aromatic carbocycles. The van der Waals surface area contributed by atoms with Crippen molar-refractivity contribution in [1.82, 2.24) is 4.72 Å². The molecule has 0 aliphatic heterocycles. The van der Waals surface area contributed by atoms with Crippen LogP contribution in [0.1, 0.15) is 25.3 Å². The zero-order valence-corrected chi connectivity index (χ0v) is 11.3. The van der Waals surface area contributed by atoms with Crippen molar-refractivity contribution in [2.45, 2.75) is 31.6 Å². The summed E-state index contributed by atoms with van der Waals surface area (Å²) in [6.07, 6.45) is 0.772. The van der Waals surface area contributed by atoms with Crippen LogP contribution < -0.4 is 4.72 Å². The van der Waals surface area contributed by atoms with Crippen LogP contribution >= 0.6 is 0 Å². The number of benzene rings is 1. The second-order valence-electron chi connectivity index (χ2n) is 4.18. The van der Waals surface area contributed by atoms with Gasteiger partial charge in [0.25, 0.3) is 0 Å². The van der Waals surface area contributed by atoms with Crippen molar-refractivity contribution in [2.24, 2.45) is 0 Å². The maximum Gasteiger partial charge on any atom is 0.321 e. The number of hydrogen-bond donors (Lipinski definition) is 2. The van der Waals surface area contributed by atoms with E-state index in [0.29, 0.717) is 12.0 Å². The molecule has 0 saturated heterocycles. The Morgan fingerprint density at radius 3 is 2.42 bits per heavy atom. The van der Waals surface area contributed by atoms with Crippen molar-refractivity contribution in [1.29, 1.82) is 0 Å². The van der Waals surface area contributed by atoms with Crippen LogP contribution in [0.5, 0.6) is 0 Å². The van der Waals surface area contributed by atoms with Gasteiger partial charge in [-0.25, -0.2) is 17.5 Å². The standard InChI is InChI=1S/C12H16FNO4S/c1-2-3-11(12(15)16)14-19(17,18)8-9-4-6-10(13)7-5-9/h4-7,11,14H,2-3,8H2,1H3,(H,15,16). The van der Waals surface area contributed by atoms with Crippen molar-refractivity contribution in [3.8, 4) is 0 Å². The molecule has 0 bridgehead atoms. The average molecular weight is 289 g/mol. The molecule has 19 heavy (non-hydrogen) atoms. The molecule has 5 nitrogen and oxygen atoms in total. The number of hydrogen-bond acceptors (Lipinski definition) is 3. The topological polar surface area (TPSA) is 83.5 Å². The van der Waals surface area contributed by atoms with Crippen LogP contribution in [-0.4, -0.2) is 25.5 Å². The molecule has 1 atom stereocenters. The van der Waals surface area contributed by atoms with Crippen LogP contribution in [0.25, 0.3) is 0 Å². The summed E-state index contributed by atoms with van der Waals surface area (Å²) in [5.41, 5.74) is 0.398. The van der Waals surface area contributed by atoms with E-state index in [1.807, 2.05) is 0 Å². The van der Waals surface area contributed by atoms with Gasteiger partial charge >= 0.3 is 5.97 Å². The molecule has 0 aliphatic carbocycles. The zero-order chi connectivity index (χ0) is 14.5. The van der Waals surface area contributed by atoms with Gasteiger partial charge in [0.1, 0.15) is 11.9 Å². The van der Waals surface area contributed by atoms with E-state index >= 15 is 0 Å². The molecule has 1 aromatic rings. The highest BCUT2D eigenvalue weighted by molar-refractivity contribution is 7.88. The number of carbonyl (C=O) groups is 1. The molecule has 0 aliphatic rings. The van der Waals surface area contributed by atoms with Crippen molar-refractivity contribution in [3.05, 3.63) is 35.6 Å². The molecule has 1 unspecified atom stereocenters. The van der Waals surface area contributed by atoms with E-state index < -0.39 is 27.9 Å². The first-order chi connectivity index (χ1) is 8.84. The van der Waals surface area contributed by atoms with Gasteiger partial charge in [-0.3, -0.25) is 4.79 Å². The van der Waals surface area contributed by atoms with Gasteiger partial charge in [0, 0.05) is 0 Å². The highest BCUT2D eigenvalue weighted by Gasteiger charge is 2.23. The van der Waals surface area contributed by atoms with Crippen LogP contribution in [-0.2, 0) is 20.6 Å². The Bertz CT molecular complexity index is 527. The lowest BCUT2D eigenvalue weighted by Crippen LogP contribution is -2.41. The number of sulfonamides is 1. The molecule has 0 radical (unpaired) electrons. The van der Waals surface area contributed by atoms with E-state index in [4.69, 9.17) is 5.11 Å². The molecule has 106 valence electrons. The molecule has 0 amide bonds. The number of halogens is 1. The lowest BCUT2D eigenvalue weighted by Gasteiger charge is -2.13. The summed E-state index contributed by atoms with van der Waals surface area (Å²) in [6.45, 7) is 1.77. The fourth-order valence-corrected chi connectivity index (χ4v) is 2.95. The molecule has 0 saturated carbocycles. The minimum absolute atomic E-state index is 0.220. The summed E-state index contributed by atoms with van der Waals surface area (Å²) in [6, 6.07) is 3.89. The third kappa shape index (κ3) is 5.35. The minimum atomic E-state index is -3.77. The molecule has 0 aromatic heterocycles. The maximum absolute atomic E-state index is 12.7. The van der Waals surface area contributed by atoms with Crippen LogP contribution in [0.4, 0.5) is 4.39 Å². The number of rotatable bonds is 7. The third-order valence-corrected chi connectivity index (χ3v) is 3.82. The number of carboxylic acids is 1. The predicted molar refractivity (Wildman–Crippen MR) is 68.5 cm³/mol. The van der Waals surface area contributed by atoms with Gasteiger partial charge in [-0.2, -0.15) is 0 Å². The summed E-state index contributed by atoms with van der Waals surface area (Å²) >= 11 is 0. The Hall–Kier alpha value is -1.47. The Kier molecular flexibility index (Phi) is 5.44. The first kappa shape index (κ1) is 15.6. The van der Waals surface area contributed by atoms with Crippen LogP contribution in [0.2, 0.25) is 0 Å². The fraction of sp³-hybridized carbons (Fsp3) is 0.417. The van der Waals surface area contributed by atoms with Gasteiger partial charge in [0.15, 0.2) is 0 Å². The SMILES string of the molecule is CCCC(NS(=O)(=O)Cc1ccc(F)cc1)C(=O)O. The molecular formula is C12H16FNO4S. The van der Waals surface area contributed by atoms with E-state index in [1.165, 1.54) is 12.1 Å². The Labute approximate surface area is 111 Å². The molecule has 2 N–H and O–H groups in total. The zero-order valence-electron chi connectivity index (χ0n) is 10.5. The third-order valence-electron chi connectivity index (χ3n) is 2.47. The summed E-state index contributed by atoms with van der Waals surface area (Å²) in [7, 11) is -3.77. The van der Waals surface area contributed by atoms with Crippen molar-refractivity contribution in [3.63, 3.8) is 0 Å². The maximum atomic E-state index is 12.7. The fourth-order valence-electron chi connectivity index (χ4n) is 1.58.